The van der Waals surface area contributed by atoms with Gasteiger partial charge in [-0.15, -0.1) is 0 Å². The van der Waals surface area contributed by atoms with Gasteiger partial charge >= 0.3 is 17.8 Å². The summed E-state index contributed by atoms with van der Waals surface area (Å²) in [6, 6.07) is 4.33. The minimum atomic E-state index is -1.05. The van der Waals surface area contributed by atoms with Gasteiger partial charge in [0.15, 0.2) is 0 Å². The van der Waals surface area contributed by atoms with Gasteiger partial charge in [0.2, 0.25) is 5.91 Å². The molecule has 0 unspecified atom stereocenters. The van der Waals surface area contributed by atoms with Gasteiger partial charge in [-0.1, -0.05) is 6.07 Å². The largest absolute Gasteiger partial charge is 0.334 e. The maximum Gasteiger partial charge on any atom is 0.334 e. The molecule has 110 valence electrons. The summed E-state index contributed by atoms with van der Waals surface area (Å²) >= 11 is 0. The molecular weight excluding hydrogens is 281 g/mol. The lowest BCUT2D eigenvalue weighted by molar-refractivity contribution is -0.143. The Balaban J connectivity index is 2.05. The fourth-order valence-electron chi connectivity index (χ4n) is 1.88. The molecule has 1 aliphatic rings. The van der Waals surface area contributed by atoms with Crippen LogP contribution in [0.2, 0.25) is 0 Å². The molecule has 0 saturated carbocycles. The number of rotatable bonds is 4. The van der Waals surface area contributed by atoms with E-state index in [-0.39, 0.29) is 12.2 Å². The summed E-state index contributed by atoms with van der Waals surface area (Å²) < 4.78 is 13.0. The molecule has 1 N–H and O–H groups in total. The van der Waals surface area contributed by atoms with Gasteiger partial charge in [-0.3, -0.25) is 19.3 Å². The molecule has 0 spiro atoms. The second-order valence-corrected chi connectivity index (χ2v) is 4.28. The molecule has 1 aliphatic heterocycles. The number of amides is 5. The SMILES string of the molecule is CCN1C(=O)C(=O)N(CC(=O)Nc2cccc(F)c2)C1=O. The van der Waals surface area contributed by atoms with E-state index in [0.29, 0.717) is 4.90 Å². The van der Waals surface area contributed by atoms with E-state index >= 15 is 0 Å². The molecule has 8 heteroatoms. The van der Waals surface area contributed by atoms with Crippen molar-refractivity contribution in [3.8, 4) is 0 Å². The standard InChI is InChI=1S/C13H12FN3O4/c1-2-16-11(19)12(20)17(13(16)21)7-10(18)15-9-5-3-4-8(14)6-9/h3-6H,2,7H2,1H3,(H,15,18). The fraction of sp³-hybridized carbons (Fsp3) is 0.231. The average molecular weight is 293 g/mol. The van der Waals surface area contributed by atoms with Crippen LogP contribution in [0.15, 0.2) is 24.3 Å². The van der Waals surface area contributed by atoms with Crippen molar-refractivity contribution in [2.24, 2.45) is 0 Å². The van der Waals surface area contributed by atoms with Crippen molar-refractivity contribution < 1.29 is 23.6 Å². The molecule has 0 bridgehead atoms. The predicted molar refractivity (Wildman–Crippen MR) is 69.5 cm³/mol. The molecule has 5 amide bonds. The molecule has 0 radical (unpaired) electrons. The van der Waals surface area contributed by atoms with E-state index < -0.39 is 36.1 Å². The highest BCUT2D eigenvalue weighted by molar-refractivity contribution is 6.45. The number of likely N-dealkylation sites (N-methyl/N-ethyl adjacent to an activating group) is 1. The number of halogens is 1. The Labute approximate surface area is 119 Å². The monoisotopic (exact) mass is 293 g/mol. The second-order valence-electron chi connectivity index (χ2n) is 4.28. The highest BCUT2D eigenvalue weighted by Crippen LogP contribution is 2.13. The Morgan fingerprint density at radius 2 is 1.86 bits per heavy atom. The van der Waals surface area contributed by atoms with Crippen molar-refractivity contribution in [3.63, 3.8) is 0 Å². The van der Waals surface area contributed by atoms with Crippen LogP contribution in [-0.2, 0) is 14.4 Å². The lowest BCUT2D eigenvalue weighted by Gasteiger charge is -2.13. The number of hydrogen-bond acceptors (Lipinski definition) is 4. The first-order valence-electron chi connectivity index (χ1n) is 6.16. The topological polar surface area (TPSA) is 86.8 Å². The number of carbonyl (C=O) groups excluding carboxylic acids is 4. The van der Waals surface area contributed by atoms with Gasteiger partial charge in [0.25, 0.3) is 0 Å². The van der Waals surface area contributed by atoms with Gasteiger partial charge < -0.3 is 5.32 Å². The molecule has 0 aromatic heterocycles. The van der Waals surface area contributed by atoms with Crippen molar-refractivity contribution in [2.45, 2.75) is 6.92 Å². The molecule has 1 aromatic rings. The van der Waals surface area contributed by atoms with Crippen LogP contribution in [0.3, 0.4) is 0 Å². The first-order chi connectivity index (χ1) is 9.93. The van der Waals surface area contributed by atoms with Crippen LogP contribution in [0.1, 0.15) is 6.92 Å². The van der Waals surface area contributed by atoms with E-state index in [9.17, 15) is 23.6 Å². The van der Waals surface area contributed by atoms with E-state index in [1.54, 1.807) is 6.92 Å². The van der Waals surface area contributed by atoms with Gasteiger partial charge in [0.1, 0.15) is 12.4 Å². The lowest BCUT2D eigenvalue weighted by Crippen LogP contribution is -2.38. The molecule has 7 nitrogen and oxygen atoms in total. The normalized spacial score (nSPS) is 14.9. The second kappa shape index (κ2) is 5.70. The molecule has 2 rings (SSSR count). The molecule has 0 aliphatic carbocycles. The van der Waals surface area contributed by atoms with Crippen molar-refractivity contribution in [2.75, 3.05) is 18.4 Å². The zero-order valence-corrected chi connectivity index (χ0v) is 11.1. The minimum absolute atomic E-state index is 0.0470. The number of anilines is 1. The highest BCUT2D eigenvalue weighted by atomic mass is 19.1. The van der Waals surface area contributed by atoms with E-state index in [1.807, 2.05) is 0 Å². The van der Waals surface area contributed by atoms with Crippen molar-refractivity contribution >= 4 is 29.4 Å². The van der Waals surface area contributed by atoms with Crippen LogP contribution < -0.4 is 5.32 Å². The van der Waals surface area contributed by atoms with E-state index in [2.05, 4.69) is 5.32 Å². The van der Waals surface area contributed by atoms with E-state index in [1.165, 1.54) is 18.2 Å². The molecule has 1 fully saturated rings. The Morgan fingerprint density at radius 3 is 2.43 bits per heavy atom. The predicted octanol–water partition coefficient (Wildman–Crippen LogP) is 0.575. The third-order valence-electron chi connectivity index (χ3n) is 2.86. The zero-order valence-electron chi connectivity index (χ0n) is 11.1. The summed E-state index contributed by atoms with van der Waals surface area (Å²) in [5, 5.41) is 2.34. The van der Waals surface area contributed by atoms with Crippen LogP contribution in [0.4, 0.5) is 14.9 Å². The maximum absolute atomic E-state index is 13.0. The van der Waals surface area contributed by atoms with E-state index in [4.69, 9.17) is 0 Å². The zero-order chi connectivity index (χ0) is 15.6. The van der Waals surface area contributed by atoms with Crippen molar-refractivity contribution in [3.05, 3.63) is 30.1 Å². The summed E-state index contributed by atoms with van der Waals surface area (Å²) in [4.78, 5) is 47.9. The van der Waals surface area contributed by atoms with Gasteiger partial charge in [-0.05, 0) is 25.1 Å². The molecule has 21 heavy (non-hydrogen) atoms. The number of hydrogen-bond donors (Lipinski definition) is 1. The number of benzene rings is 1. The maximum atomic E-state index is 13.0. The van der Waals surface area contributed by atoms with Crippen LogP contribution in [0, 0.1) is 5.82 Å². The summed E-state index contributed by atoms with van der Waals surface area (Å²) in [5.74, 6) is -3.24. The summed E-state index contributed by atoms with van der Waals surface area (Å²) in [5.41, 5.74) is 0.192. The number of imide groups is 2. The first-order valence-corrected chi connectivity index (χ1v) is 6.16. The number of nitrogens with one attached hydrogen (secondary N) is 1. The summed E-state index contributed by atoms with van der Waals surface area (Å²) in [6.45, 7) is 0.987. The van der Waals surface area contributed by atoms with Crippen molar-refractivity contribution in [1.82, 2.24) is 9.80 Å². The molecule has 1 saturated heterocycles. The Bertz CT molecular complexity index is 632. The fourth-order valence-corrected chi connectivity index (χ4v) is 1.88. The molecule has 1 aromatic carbocycles. The average Bonchev–Trinajstić information content (AvgIpc) is 2.62. The van der Waals surface area contributed by atoms with Gasteiger partial charge in [-0.25, -0.2) is 14.1 Å². The molecule has 0 atom stereocenters. The molecule has 1 heterocycles. The Hall–Kier alpha value is -2.77. The van der Waals surface area contributed by atoms with Gasteiger partial charge in [0, 0.05) is 12.2 Å². The van der Waals surface area contributed by atoms with Crippen LogP contribution >= 0.6 is 0 Å². The minimum Gasteiger partial charge on any atom is -0.324 e. The third kappa shape index (κ3) is 2.88. The number of carbonyl (C=O) groups is 4. The number of nitrogens with zero attached hydrogens (tertiary/aromatic N) is 2. The van der Waals surface area contributed by atoms with Gasteiger partial charge in [0.05, 0.1) is 0 Å². The quantitative estimate of drug-likeness (QED) is 0.649. The summed E-state index contributed by atoms with van der Waals surface area (Å²) in [6.07, 6.45) is 0. The lowest BCUT2D eigenvalue weighted by atomic mass is 10.3. The van der Waals surface area contributed by atoms with Crippen LogP contribution in [-0.4, -0.2) is 46.6 Å². The van der Waals surface area contributed by atoms with E-state index in [0.717, 1.165) is 11.0 Å². The van der Waals surface area contributed by atoms with Crippen molar-refractivity contribution in [1.29, 1.82) is 0 Å². The first kappa shape index (κ1) is 14.6. The van der Waals surface area contributed by atoms with Crippen LogP contribution in [0.5, 0.6) is 0 Å². The van der Waals surface area contributed by atoms with Gasteiger partial charge in [-0.2, -0.15) is 0 Å². The smallest absolute Gasteiger partial charge is 0.324 e. The molecular formula is C13H12FN3O4. The third-order valence-corrected chi connectivity index (χ3v) is 2.86. The Kier molecular flexibility index (Phi) is 3.97. The highest BCUT2D eigenvalue weighted by Gasteiger charge is 2.44. The van der Waals surface area contributed by atoms with Crippen LogP contribution in [0.25, 0.3) is 0 Å². The summed E-state index contributed by atoms with van der Waals surface area (Å²) in [7, 11) is 0. The Morgan fingerprint density at radius 1 is 1.19 bits per heavy atom. The number of urea groups is 1.